The zero-order valence-electron chi connectivity index (χ0n) is 24.1. The molecule has 1 unspecified atom stereocenters. The van der Waals surface area contributed by atoms with Gasteiger partial charge in [-0.1, -0.05) is 152 Å². The molecule has 44 heavy (non-hydrogen) atoms. The van der Waals surface area contributed by atoms with Crippen LogP contribution >= 0.6 is 0 Å². The molecule has 6 aromatic carbocycles. The van der Waals surface area contributed by atoms with Gasteiger partial charge >= 0.3 is 0 Å². The first-order chi connectivity index (χ1) is 21.8. The fourth-order valence-corrected chi connectivity index (χ4v) is 6.19. The maximum Gasteiger partial charge on any atom is 0.169 e. The highest BCUT2D eigenvalue weighted by atomic mass is 15.2. The van der Waals surface area contributed by atoms with E-state index in [0.29, 0.717) is 0 Å². The summed E-state index contributed by atoms with van der Waals surface area (Å²) < 4.78 is 0. The van der Waals surface area contributed by atoms with E-state index < -0.39 is 0 Å². The lowest BCUT2D eigenvalue weighted by molar-refractivity contribution is 0.756. The molecule has 4 heteroatoms. The molecule has 0 spiro atoms. The molecule has 4 nitrogen and oxygen atoms in total. The fraction of sp³-hybridized carbons (Fsp3) is 0.0500. The number of para-hydroxylation sites is 1. The molecular formula is C40H30N4. The van der Waals surface area contributed by atoms with Gasteiger partial charge < -0.3 is 10.6 Å². The van der Waals surface area contributed by atoms with Crippen LogP contribution in [0.15, 0.2) is 156 Å². The second-order valence-electron chi connectivity index (χ2n) is 11.1. The van der Waals surface area contributed by atoms with Gasteiger partial charge in [0, 0.05) is 28.9 Å². The summed E-state index contributed by atoms with van der Waals surface area (Å²) in [4.78, 5) is 10.1. The van der Waals surface area contributed by atoms with E-state index in [0.717, 1.165) is 40.5 Å². The van der Waals surface area contributed by atoms with E-state index >= 15 is 0 Å². The van der Waals surface area contributed by atoms with Crippen LogP contribution in [0.3, 0.4) is 0 Å². The minimum absolute atomic E-state index is 0.321. The van der Waals surface area contributed by atoms with Crippen LogP contribution in [0.4, 0.5) is 5.69 Å². The lowest BCUT2D eigenvalue weighted by Crippen LogP contribution is -2.36. The molecule has 2 aliphatic rings. The van der Waals surface area contributed by atoms with Gasteiger partial charge in [-0.3, -0.25) is 0 Å². The third kappa shape index (κ3) is 4.77. The van der Waals surface area contributed by atoms with Crippen LogP contribution in [0, 0.1) is 0 Å². The van der Waals surface area contributed by atoms with E-state index in [2.05, 4.69) is 126 Å². The Balaban J connectivity index is 1.23. The summed E-state index contributed by atoms with van der Waals surface area (Å²) in [6, 6.07) is 49.0. The molecular weight excluding hydrogens is 536 g/mol. The van der Waals surface area contributed by atoms with E-state index in [-0.39, 0.29) is 6.17 Å². The van der Waals surface area contributed by atoms with Gasteiger partial charge in [0.15, 0.2) is 6.17 Å². The van der Waals surface area contributed by atoms with Crippen molar-refractivity contribution in [2.45, 2.75) is 6.17 Å². The van der Waals surface area contributed by atoms with Crippen molar-refractivity contribution in [2.75, 3.05) is 11.9 Å². The van der Waals surface area contributed by atoms with Crippen molar-refractivity contribution in [2.24, 2.45) is 9.98 Å². The van der Waals surface area contributed by atoms with Crippen molar-refractivity contribution in [3.63, 3.8) is 0 Å². The normalized spacial score (nSPS) is 15.5. The number of hydrogen-bond acceptors (Lipinski definition) is 4. The molecule has 210 valence electrons. The van der Waals surface area contributed by atoms with Crippen LogP contribution in [0.1, 0.15) is 28.4 Å². The van der Waals surface area contributed by atoms with Crippen molar-refractivity contribution >= 4 is 34.2 Å². The van der Waals surface area contributed by atoms with E-state index in [1.807, 2.05) is 36.4 Å². The number of benzene rings is 6. The number of aliphatic imine (C=N–C) groups is 2. The Bertz CT molecular complexity index is 2070. The molecule has 0 aromatic heterocycles. The average molecular weight is 567 g/mol. The Morgan fingerprint density at radius 1 is 0.545 bits per heavy atom. The lowest BCUT2D eigenvalue weighted by Gasteiger charge is -2.23. The number of rotatable bonds is 5. The largest absolute Gasteiger partial charge is 0.381 e. The highest BCUT2D eigenvalue weighted by molar-refractivity contribution is 6.16. The summed E-state index contributed by atoms with van der Waals surface area (Å²) in [5.41, 5.74) is 10.3. The highest BCUT2D eigenvalue weighted by Gasteiger charge is 2.21. The SMILES string of the molecule is C1=Cc2cccc(-c3ccc4ccccc4c3-c3ccc(C4=NC(c5ccccc5)N=C(c5ccccc5)N4)cc3)c2NC1. The first-order valence-electron chi connectivity index (χ1n) is 15.0. The maximum atomic E-state index is 5.07. The first-order valence-corrected chi connectivity index (χ1v) is 15.0. The summed E-state index contributed by atoms with van der Waals surface area (Å²) in [7, 11) is 0. The smallest absolute Gasteiger partial charge is 0.169 e. The quantitative estimate of drug-likeness (QED) is 0.219. The molecule has 0 saturated heterocycles. The van der Waals surface area contributed by atoms with Crippen LogP contribution in [-0.4, -0.2) is 18.2 Å². The highest BCUT2D eigenvalue weighted by Crippen LogP contribution is 2.42. The molecule has 2 aliphatic heterocycles. The van der Waals surface area contributed by atoms with Gasteiger partial charge in [0.2, 0.25) is 0 Å². The number of nitrogens with zero attached hydrogens (tertiary/aromatic N) is 2. The summed E-state index contributed by atoms with van der Waals surface area (Å²) in [6.07, 6.45) is 4.06. The number of anilines is 1. The molecule has 2 N–H and O–H groups in total. The van der Waals surface area contributed by atoms with Crippen LogP contribution in [-0.2, 0) is 0 Å². The van der Waals surface area contributed by atoms with Gasteiger partial charge in [-0.15, -0.1) is 0 Å². The molecule has 0 radical (unpaired) electrons. The van der Waals surface area contributed by atoms with E-state index in [1.165, 1.54) is 38.7 Å². The second-order valence-corrected chi connectivity index (χ2v) is 11.1. The Kier molecular flexibility index (Phi) is 6.58. The molecule has 0 aliphatic carbocycles. The molecule has 8 rings (SSSR count). The Morgan fingerprint density at radius 3 is 2.02 bits per heavy atom. The van der Waals surface area contributed by atoms with Gasteiger partial charge in [-0.05, 0) is 38.6 Å². The van der Waals surface area contributed by atoms with Crippen molar-refractivity contribution in [3.05, 3.63) is 168 Å². The van der Waals surface area contributed by atoms with Crippen LogP contribution < -0.4 is 10.6 Å². The monoisotopic (exact) mass is 566 g/mol. The summed E-state index contributed by atoms with van der Waals surface area (Å²) >= 11 is 0. The first kappa shape index (κ1) is 25.9. The molecule has 6 aromatic rings. The molecule has 0 saturated carbocycles. The minimum Gasteiger partial charge on any atom is -0.381 e. The van der Waals surface area contributed by atoms with Gasteiger partial charge in [0.05, 0.1) is 0 Å². The third-order valence-electron chi connectivity index (χ3n) is 8.34. The predicted molar refractivity (Wildman–Crippen MR) is 184 cm³/mol. The molecule has 0 amide bonds. The number of nitrogens with one attached hydrogen (secondary N) is 2. The zero-order chi connectivity index (χ0) is 29.3. The van der Waals surface area contributed by atoms with Crippen molar-refractivity contribution in [1.29, 1.82) is 0 Å². The van der Waals surface area contributed by atoms with E-state index in [9.17, 15) is 0 Å². The summed E-state index contributed by atoms with van der Waals surface area (Å²) in [6.45, 7) is 0.828. The summed E-state index contributed by atoms with van der Waals surface area (Å²) in [5, 5.41) is 9.61. The van der Waals surface area contributed by atoms with Crippen LogP contribution in [0.25, 0.3) is 39.1 Å². The van der Waals surface area contributed by atoms with Gasteiger partial charge in [0.25, 0.3) is 0 Å². The molecule has 0 fully saturated rings. The predicted octanol–water partition coefficient (Wildman–Crippen LogP) is 9.11. The van der Waals surface area contributed by atoms with Gasteiger partial charge in [-0.2, -0.15) is 0 Å². The molecule has 0 bridgehead atoms. The lowest BCUT2D eigenvalue weighted by atomic mass is 9.87. The maximum absolute atomic E-state index is 5.07. The zero-order valence-corrected chi connectivity index (χ0v) is 24.1. The van der Waals surface area contributed by atoms with Crippen molar-refractivity contribution in [1.82, 2.24) is 5.32 Å². The Morgan fingerprint density at radius 2 is 1.23 bits per heavy atom. The summed E-state index contributed by atoms with van der Waals surface area (Å²) in [5.74, 6) is 1.63. The van der Waals surface area contributed by atoms with E-state index in [1.54, 1.807) is 0 Å². The van der Waals surface area contributed by atoms with Crippen molar-refractivity contribution < 1.29 is 0 Å². The molecule has 1 atom stereocenters. The third-order valence-corrected chi connectivity index (χ3v) is 8.34. The van der Waals surface area contributed by atoms with E-state index in [4.69, 9.17) is 9.98 Å². The number of fused-ring (bicyclic) bond motifs is 2. The van der Waals surface area contributed by atoms with Gasteiger partial charge in [0.1, 0.15) is 11.7 Å². The van der Waals surface area contributed by atoms with Crippen LogP contribution in [0.5, 0.6) is 0 Å². The van der Waals surface area contributed by atoms with Crippen LogP contribution in [0.2, 0.25) is 0 Å². The topological polar surface area (TPSA) is 48.8 Å². The number of amidine groups is 2. The van der Waals surface area contributed by atoms with Crippen molar-refractivity contribution in [3.8, 4) is 22.3 Å². The standard InChI is InChI=1S/C40H30N4/c1-3-12-30(13-4-1)38-42-39(31-14-5-2-6-15-31)44-40(43-38)32-22-20-28(21-23-32)36-33-18-8-7-11-27(33)24-25-34(36)35-19-9-16-29-17-10-26-41-37(29)35/h1-25,38,41H,26H2,(H,42,43,44). The fourth-order valence-electron chi connectivity index (χ4n) is 6.19. The Labute approximate surface area is 257 Å². The van der Waals surface area contributed by atoms with Gasteiger partial charge in [-0.25, -0.2) is 9.98 Å². The minimum atomic E-state index is -0.321. The Hall–Kier alpha value is -5.74. The number of hydrogen-bond donors (Lipinski definition) is 2. The molecule has 2 heterocycles. The second kappa shape index (κ2) is 11.2. The average Bonchev–Trinajstić information content (AvgIpc) is 3.11.